The Bertz CT molecular complexity index is 1250. The summed E-state index contributed by atoms with van der Waals surface area (Å²) in [6.45, 7) is 0.291. The molecule has 0 aliphatic carbocycles. The minimum absolute atomic E-state index is 0.0295. The maximum absolute atomic E-state index is 13.4. The van der Waals surface area contributed by atoms with Gasteiger partial charge in [0.1, 0.15) is 21.5 Å². The van der Waals surface area contributed by atoms with E-state index in [1.807, 2.05) is 0 Å². The fraction of sp³-hybridized carbons (Fsp3) is 0.250. The molecule has 0 spiro atoms. The van der Waals surface area contributed by atoms with Gasteiger partial charge in [-0.3, -0.25) is 4.79 Å². The lowest BCUT2D eigenvalue weighted by Crippen LogP contribution is -2.31. The van der Waals surface area contributed by atoms with E-state index in [4.69, 9.17) is 16.3 Å². The van der Waals surface area contributed by atoms with E-state index in [2.05, 4.69) is 15.5 Å². The van der Waals surface area contributed by atoms with Gasteiger partial charge in [0.2, 0.25) is 15.0 Å². The van der Waals surface area contributed by atoms with Crippen molar-refractivity contribution < 1.29 is 22.3 Å². The molecule has 32 heavy (non-hydrogen) atoms. The molecule has 1 atom stereocenters. The van der Waals surface area contributed by atoms with Crippen LogP contribution in [-0.2, 0) is 10.0 Å². The zero-order chi connectivity index (χ0) is 22.9. The molecule has 0 saturated carbocycles. The lowest BCUT2D eigenvalue weighted by atomic mass is 10.2. The van der Waals surface area contributed by atoms with Gasteiger partial charge >= 0.3 is 0 Å². The molecule has 1 N–H and O–H groups in total. The summed E-state index contributed by atoms with van der Waals surface area (Å²) >= 11 is 7.05. The zero-order valence-electron chi connectivity index (χ0n) is 16.8. The van der Waals surface area contributed by atoms with Gasteiger partial charge in [-0.25, -0.2) is 12.8 Å². The number of ether oxygens (including phenoxy) is 1. The molecular weight excluding hydrogens is 479 g/mol. The van der Waals surface area contributed by atoms with Crippen molar-refractivity contribution in [1.29, 1.82) is 0 Å². The van der Waals surface area contributed by atoms with E-state index in [0.29, 0.717) is 30.1 Å². The zero-order valence-corrected chi connectivity index (χ0v) is 19.2. The van der Waals surface area contributed by atoms with Crippen molar-refractivity contribution in [2.24, 2.45) is 0 Å². The molecule has 1 aliphatic heterocycles. The minimum Gasteiger partial charge on any atom is -0.495 e. The number of methoxy groups -OCH3 is 1. The quantitative estimate of drug-likeness (QED) is 0.551. The Morgan fingerprint density at radius 2 is 2.00 bits per heavy atom. The Morgan fingerprint density at radius 3 is 2.72 bits per heavy atom. The lowest BCUT2D eigenvalue weighted by molar-refractivity contribution is 0.102. The smallest absolute Gasteiger partial charge is 0.286 e. The molecule has 1 saturated heterocycles. The highest BCUT2D eigenvalue weighted by atomic mass is 35.5. The van der Waals surface area contributed by atoms with Crippen LogP contribution in [0.2, 0.25) is 5.02 Å². The third kappa shape index (κ3) is 4.46. The third-order valence-electron chi connectivity index (χ3n) is 4.94. The Balaban J connectivity index is 1.58. The summed E-state index contributed by atoms with van der Waals surface area (Å²) in [4.78, 5) is 12.5. The van der Waals surface area contributed by atoms with Crippen LogP contribution in [-0.4, -0.2) is 42.5 Å². The van der Waals surface area contributed by atoms with Crippen LogP contribution in [0.5, 0.6) is 5.75 Å². The normalized spacial score (nSPS) is 16.8. The van der Waals surface area contributed by atoms with Gasteiger partial charge in [0, 0.05) is 17.3 Å². The molecule has 4 rings (SSSR count). The summed E-state index contributed by atoms with van der Waals surface area (Å²) in [7, 11) is -2.55. The van der Waals surface area contributed by atoms with Crippen molar-refractivity contribution in [2.45, 2.75) is 23.8 Å². The molecule has 168 valence electrons. The predicted molar refractivity (Wildman–Crippen MR) is 118 cm³/mol. The molecular formula is C20H18ClFN4O4S2. The summed E-state index contributed by atoms with van der Waals surface area (Å²) in [5.74, 6) is -0.735. The highest BCUT2D eigenvalue weighted by molar-refractivity contribution is 7.89. The third-order valence-corrected chi connectivity index (χ3v) is 8.13. The van der Waals surface area contributed by atoms with Crippen molar-refractivity contribution in [2.75, 3.05) is 19.0 Å². The maximum Gasteiger partial charge on any atom is 0.286 e. The average molecular weight is 497 g/mol. The van der Waals surface area contributed by atoms with Crippen LogP contribution in [0, 0.1) is 5.82 Å². The summed E-state index contributed by atoms with van der Waals surface area (Å²) in [6.07, 6.45) is 1.17. The molecule has 1 fully saturated rings. The van der Waals surface area contributed by atoms with Gasteiger partial charge in [-0.15, -0.1) is 10.2 Å². The number of aromatic nitrogens is 2. The highest BCUT2D eigenvalue weighted by Gasteiger charge is 2.39. The van der Waals surface area contributed by atoms with Gasteiger partial charge < -0.3 is 10.1 Å². The number of anilines is 1. The van der Waals surface area contributed by atoms with Gasteiger partial charge in [-0.05, 0) is 55.3 Å². The van der Waals surface area contributed by atoms with E-state index in [0.717, 1.165) is 11.3 Å². The molecule has 12 heteroatoms. The Morgan fingerprint density at radius 1 is 1.25 bits per heavy atom. The highest BCUT2D eigenvalue weighted by Crippen LogP contribution is 2.40. The van der Waals surface area contributed by atoms with Crippen LogP contribution in [0.15, 0.2) is 47.4 Å². The summed E-state index contributed by atoms with van der Waals surface area (Å²) < 4.78 is 46.4. The number of nitrogens with one attached hydrogen (secondary N) is 1. The fourth-order valence-corrected chi connectivity index (χ4v) is 6.47. The summed E-state index contributed by atoms with van der Waals surface area (Å²) in [6, 6.07) is 9.16. The lowest BCUT2D eigenvalue weighted by Gasteiger charge is -2.23. The molecule has 1 amide bonds. The molecule has 1 aromatic heterocycles. The molecule has 2 aromatic carbocycles. The number of nitrogens with zero attached hydrogens (tertiary/aromatic N) is 3. The van der Waals surface area contributed by atoms with Crippen LogP contribution >= 0.6 is 22.9 Å². The molecule has 0 unspecified atom stereocenters. The molecule has 1 aliphatic rings. The fourth-order valence-electron chi connectivity index (χ4n) is 3.43. The number of hydrogen-bond acceptors (Lipinski definition) is 7. The second-order valence-electron chi connectivity index (χ2n) is 6.98. The summed E-state index contributed by atoms with van der Waals surface area (Å²) in [5, 5.41) is 11.4. The van der Waals surface area contributed by atoms with E-state index < -0.39 is 27.8 Å². The van der Waals surface area contributed by atoms with Crippen molar-refractivity contribution in [3.63, 3.8) is 0 Å². The number of hydrogen-bond donors (Lipinski definition) is 1. The molecule has 3 aromatic rings. The minimum atomic E-state index is -3.94. The van der Waals surface area contributed by atoms with Crippen molar-refractivity contribution >= 4 is 44.6 Å². The van der Waals surface area contributed by atoms with Crippen LogP contribution < -0.4 is 10.1 Å². The first-order valence-corrected chi connectivity index (χ1v) is 12.2. The Hall–Kier alpha value is -2.60. The predicted octanol–water partition coefficient (Wildman–Crippen LogP) is 4.12. The SMILES string of the molecule is COc1ccc(Cl)cc1S(=O)(=O)N1CCC[C@H]1c1nnc(C(=O)Nc2ccc(F)cc2)s1. The van der Waals surface area contributed by atoms with Crippen LogP contribution in [0.1, 0.15) is 33.7 Å². The van der Waals surface area contributed by atoms with Gasteiger partial charge in [0.05, 0.1) is 13.2 Å². The number of sulfonamides is 1. The molecule has 2 heterocycles. The van der Waals surface area contributed by atoms with E-state index in [1.165, 1.54) is 47.8 Å². The second-order valence-corrected chi connectivity index (χ2v) is 10.3. The topological polar surface area (TPSA) is 101 Å². The number of benzene rings is 2. The van der Waals surface area contributed by atoms with E-state index >= 15 is 0 Å². The van der Waals surface area contributed by atoms with Crippen molar-refractivity contribution in [1.82, 2.24) is 14.5 Å². The standard InChI is InChI=1S/C20H18ClFN4O4S2/c1-30-16-9-4-12(21)11-17(16)32(28,29)26-10-2-3-15(26)19-24-25-20(31-19)18(27)23-14-7-5-13(22)6-8-14/h4-9,11,15H,2-3,10H2,1H3,(H,23,27)/t15-/m0/s1. The number of amides is 1. The Labute approximate surface area is 193 Å². The van der Waals surface area contributed by atoms with Crippen LogP contribution in [0.4, 0.5) is 10.1 Å². The van der Waals surface area contributed by atoms with Gasteiger partial charge in [0.25, 0.3) is 5.91 Å². The van der Waals surface area contributed by atoms with Gasteiger partial charge in [-0.2, -0.15) is 4.31 Å². The van der Waals surface area contributed by atoms with Crippen LogP contribution in [0.25, 0.3) is 0 Å². The van der Waals surface area contributed by atoms with E-state index in [9.17, 15) is 17.6 Å². The first kappa shape index (κ1) is 22.6. The van der Waals surface area contributed by atoms with E-state index in [1.54, 1.807) is 6.07 Å². The average Bonchev–Trinajstić information content (AvgIpc) is 3.45. The Kier molecular flexibility index (Phi) is 6.42. The van der Waals surface area contributed by atoms with Gasteiger partial charge in [0.15, 0.2) is 0 Å². The monoisotopic (exact) mass is 496 g/mol. The second kappa shape index (κ2) is 9.10. The van der Waals surface area contributed by atoms with Crippen molar-refractivity contribution in [3.8, 4) is 5.75 Å². The summed E-state index contributed by atoms with van der Waals surface area (Å²) in [5.41, 5.74) is 0.409. The molecule has 0 bridgehead atoms. The first-order chi connectivity index (χ1) is 15.3. The number of rotatable bonds is 6. The van der Waals surface area contributed by atoms with E-state index in [-0.39, 0.29) is 20.7 Å². The molecule has 8 nitrogen and oxygen atoms in total. The maximum atomic E-state index is 13.4. The van der Waals surface area contributed by atoms with Crippen molar-refractivity contribution in [3.05, 3.63) is 63.3 Å². The largest absolute Gasteiger partial charge is 0.495 e. The van der Waals surface area contributed by atoms with Gasteiger partial charge in [-0.1, -0.05) is 22.9 Å². The van der Waals surface area contributed by atoms with Crippen LogP contribution in [0.3, 0.4) is 0 Å². The number of halogens is 2. The number of carbonyl (C=O) groups is 1. The first-order valence-electron chi connectivity index (χ1n) is 9.55. The molecule has 0 radical (unpaired) electrons. The number of carbonyl (C=O) groups excluding carboxylic acids is 1.